The molecule has 2 aliphatic rings. The van der Waals surface area contributed by atoms with E-state index in [0.717, 1.165) is 31.8 Å². The molecule has 4 nitrogen and oxygen atoms in total. The molecule has 20 heavy (non-hydrogen) atoms. The van der Waals surface area contributed by atoms with Crippen molar-refractivity contribution in [3.8, 4) is 5.75 Å². The third kappa shape index (κ3) is 2.80. The first-order valence-corrected chi connectivity index (χ1v) is 7.34. The van der Waals surface area contributed by atoms with Crippen LogP contribution in [0, 0.1) is 17.8 Å². The van der Waals surface area contributed by atoms with Crippen LogP contribution in [0.2, 0.25) is 0 Å². The second-order valence-corrected chi connectivity index (χ2v) is 5.88. The Hall–Kier alpha value is -1.55. The number of nitrogens with zero attached hydrogens (tertiary/aromatic N) is 1. The SMILES string of the molecule is CCOc1ccc(CN2CC([C@@H]3C[C@H]3C(=O)O)C2)cc1. The summed E-state index contributed by atoms with van der Waals surface area (Å²) in [6.07, 6.45) is 0.886. The van der Waals surface area contributed by atoms with Gasteiger partial charge in [-0.1, -0.05) is 12.1 Å². The van der Waals surface area contributed by atoms with Gasteiger partial charge in [-0.25, -0.2) is 0 Å². The molecule has 108 valence electrons. The molecule has 0 aromatic heterocycles. The maximum absolute atomic E-state index is 10.8. The molecule has 1 saturated heterocycles. The van der Waals surface area contributed by atoms with Crippen LogP contribution in [0.25, 0.3) is 0 Å². The smallest absolute Gasteiger partial charge is 0.306 e. The second-order valence-electron chi connectivity index (χ2n) is 5.88. The van der Waals surface area contributed by atoms with E-state index in [1.54, 1.807) is 0 Å². The zero-order chi connectivity index (χ0) is 14.1. The molecule has 2 fully saturated rings. The topological polar surface area (TPSA) is 49.8 Å². The van der Waals surface area contributed by atoms with Crippen molar-refractivity contribution in [1.29, 1.82) is 0 Å². The lowest BCUT2D eigenvalue weighted by atomic mass is 9.92. The number of benzene rings is 1. The molecule has 3 rings (SSSR count). The minimum Gasteiger partial charge on any atom is -0.494 e. The van der Waals surface area contributed by atoms with Gasteiger partial charge in [-0.3, -0.25) is 9.69 Å². The Labute approximate surface area is 119 Å². The van der Waals surface area contributed by atoms with E-state index < -0.39 is 5.97 Å². The summed E-state index contributed by atoms with van der Waals surface area (Å²) in [6, 6.07) is 8.24. The third-order valence-corrected chi connectivity index (χ3v) is 4.39. The zero-order valence-electron chi connectivity index (χ0n) is 11.8. The molecule has 0 amide bonds. The van der Waals surface area contributed by atoms with Crippen LogP contribution in [0.15, 0.2) is 24.3 Å². The molecule has 1 aromatic carbocycles. The van der Waals surface area contributed by atoms with E-state index in [1.165, 1.54) is 5.56 Å². The highest BCUT2D eigenvalue weighted by molar-refractivity contribution is 5.73. The van der Waals surface area contributed by atoms with Gasteiger partial charge in [-0.2, -0.15) is 0 Å². The Morgan fingerprint density at radius 1 is 1.35 bits per heavy atom. The molecule has 0 unspecified atom stereocenters. The van der Waals surface area contributed by atoms with E-state index in [0.29, 0.717) is 18.4 Å². The average Bonchev–Trinajstić information content (AvgIpc) is 3.15. The first kappa shape index (κ1) is 13.4. The Morgan fingerprint density at radius 3 is 2.60 bits per heavy atom. The second kappa shape index (κ2) is 5.44. The van der Waals surface area contributed by atoms with Crippen LogP contribution in [0.3, 0.4) is 0 Å². The van der Waals surface area contributed by atoms with E-state index in [2.05, 4.69) is 17.0 Å². The number of rotatable bonds is 6. The molecule has 1 aliphatic carbocycles. The summed E-state index contributed by atoms with van der Waals surface area (Å²) in [6.45, 7) is 5.71. The third-order valence-electron chi connectivity index (χ3n) is 4.39. The minimum absolute atomic E-state index is 0.0624. The lowest BCUT2D eigenvalue weighted by molar-refractivity contribution is -0.139. The summed E-state index contributed by atoms with van der Waals surface area (Å²) in [5.41, 5.74) is 1.29. The Morgan fingerprint density at radius 2 is 2.05 bits per heavy atom. The van der Waals surface area contributed by atoms with Gasteiger partial charge in [0.2, 0.25) is 0 Å². The van der Waals surface area contributed by atoms with Crippen LogP contribution < -0.4 is 4.74 Å². The highest BCUT2D eigenvalue weighted by Gasteiger charge is 2.51. The van der Waals surface area contributed by atoms with Gasteiger partial charge in [0.15, 0.2) is 0 Å². The zero-order valence-corrected chi connectivity index (χ0v) is 11.8. The number of aliphatic carboxylic acids is 1. The minimum atomic E-state index is -0.611. The van der Waals surface area contributed by atoms with Crippen LogP contribution in [0.4, 0.5) is 0 Å². The summed E-state index contributed by atoms with van der Waals surface area (Å²) in [5.74, 6) is 1.27. The Balaban J connectivity index is 1.43. The fourth-order valence-electron chi connectivity index (χ4n) is 3.15. The quantitative estimate of drug-likeness (QED) is 0.865. The van der Waals surface area contributed by atoms with Gasteiger partial charge in [-0.05, 0) is 42.9 Å². The number of likely N-dealkylation sites (tertiary alicyclic amines) is 1. The maximum atomic E-state index is 10.8. The van der Waals surface area contributed by atoms with Crippen LogP contribution in [0.5, 0.6) is 5.75 Å². The summed E-state index contributed by atoms with van der Waals surface area (Å²) >= 11 is 0. The average molecular weight is 275 g/mol. The molecular weight excluding hydrogens is 254 g/mol. The van der Waals surface area contributed by atoms with Crippen LogP contribution in [-0.4, -0.2) is 35.7 Å². The van der Waals surface area contributed by atoms with Gasteiger partial charge >= 0.3 is 5.97 Å². The van der Waals surface area contributed by atoms with Crippen LogP contribution in [0.1, 0.15) is 18.9 Å². The molecule has 1 aromatic rings. The van der Waals surface area contributed by atoms with E-state index >= 15 is 0 Å². The summed E-state index contributed by atoms with van der Waals surface area (Å²) in [4.78, 5) is 13.2. The van der Waals surface area contributed by atoms with Crippen molar-refractivity contribution < 1.29 is 14.6 Å². The highest BCUT2D eigenvalue weighted by Crippen LogP contribution is 2.47. The first-order chi connectivity index (χ1) is 9.67. The van der Waals surface area contributed by atoms with Gasteiger partial charge in [0.25, 0.3) is 0 Å². The summed E-state index contributed by atoms with van der Waals surface area (Å²) in [7, 11) is 0. The van der Waals surface area contributed by atoms with Crippen molar-refractivity contribution in [1.82, 2.24) is 4.90 Å². The predicted molar refractivity (Wildman–Crippen MR) is 75.6 cm³/mol. The Bertz CT molecular complexity index is 479. The molecule has 2 atom stereocenters. The highest BCUT2D eigenvalue weighted by atomic mass is 16.5. The molecule has 1 N–H and O–H groups in total. The van der Waals surface area contributed by atoms with Crippen molar-refractivity contribution in [2.24, 2.45) is 17.8 Å². The number of carboxylic acids is 1. The number of ether oxygens (including phenoxy) is 1. The number of carbonyl (C=O) groups is 1. The largest absolute Gasteiger partial charge is 0.494 e. The first-order valence-electron chi connectivity index (χ1n) is 7.34. The normalized spacial score (nSPS) is 26.1. The Kier molecular flexibility index (Phi) is 3.66. The molecule has 1 aliphatic heterocycles. The number of carboxylic acid groups (broad SMARTS) is 1. The molecule has 1 heterocycles. The molecule has 0 bridgehead atoms. The van der Waals surface area contributed by atoms with E-state index in [4.69, 9.17) is 9.84 Å². The lowest BCUT2D eigenvalue weighted by Gasteiger charge is -2.39. The number of hydrogen-bond donors (Lipinski definition) is 1. The van der Waals surface area contributed by atoms with Crippen molar-refractivity contribution >= 4 is 5.97 Å². The van der Waals surface area contributed by atoms with Crippen molar-refractivity contribution in [2.75, 3.05) is 19.7 Å². The summed E-state index contributed by atoms with van der Waals surface area (Å²) < 4.78 is 5.43. The van der Waals surface area contributed by atoms with E-state index in [1.807, 2.05) is 19.1 Å². The fourth-order valence-corrected chi connectivity index (χ4v) is 3.15. The van der Waals surface area contributed by atoms with E-state index in [-0.39, 0.29) is 5.92 Å². The van der Waals surface area contributed by atoms with Gasteiger partial charge in [0, 0.05) is 19.6 Å². The molecular formula is C16H21NO3. The molecule has 1 saturated carbocycles. The van der Waals surface area contributed by atoms with Gasteiger partial charge in [0.05, 0.1) is 12.5 Å². The van der Waals surface area contributed by atoms with E-state index in [9.17, 15) is 4.79 Å². The van der Waals surface area contributed by atoms with Crippen molar-refractivity contribution in [3.63, 3.8) is 0 Å². The van der Waals surface area contributed by atoms with Crippen LogP contribution in [-0.2, 0) is 11.3 Å². The monoisotopic (exact) mass is 275 g/mol. The number of hydrogen-bond acceptors (Lipinski definition) is 3. The van der Waals surface area contributed by atoms with Gasteiger partial charge in [-0.15, -0.1) is 0 Å². The predicted octanol–water partition coefficient (Wildman–Crippen LogP) is 2.24. The molecule has 0 radical (unpaired) electrons. The molecule has 0 spiro atoms. The lowest BCUT2D eigenvalue weighted by Crippen LogP contribution is -2.47. The van der Waals surface area contributed by atoms with Gasteiger partial charge < -0.3 is 9.84 Å². The van der Waals surface area contributed by atoms with Gasteiger partial charge in [0.1, 0.15) is 5.75 Å². The fraction of sp³-hybridized carbons (Fsp3) is 0.562. The summed E-state index contributed by atoms with van der Waals surface area (Å²) in [5, 5.41) is 8.94. The molecule has 4 heteroatoms. The van der Waals surface area contributed by atoms with Crippen LogP contribution >= 0.6 is 0 Å². The standard InChI is InChI=1S/C16H21NO3/c1-2-20-13-5-3-11(4-6-13)8-17-9-12(10-17)14-7-15(14)16(18)19/h3-6,12,14-15H,2,7-10H2,1H3,(H,18,19)/t14-,15+/m0/s1. The maximum Gasteiger partial charge on any atom is 0.306 e. The van der Waals surface area contributed by atoms with Crippen molar-refractivity contribution in [3.05, 3.63) is 29.8 Å². The van der Waals surface area contributed by atoms with Crippen molar-refractivity contribution in [2.45, 2.75) is 19.9 Å².